The highest BCUT2D eigenvalue weighted by molar-refractivity contribution is 5.96. The van der Waals surface area contributed by atoms with Gasteiger partial charge in [-0.25, -0.2) is 9.37 Å². The molecule has 4 N–H and O–H groups in total. The molecule has 0 bridgehead atoms. The molecule has 1 aromatic carbocycles. The minimum absolute atomic E-state index is 0.0391. The molecule has 1 unspecified atom stereocenters. The first-order valence-corrected chi connectivity index (χ1v) is 10.6. The first-order valence-electron chi connectivity index (χ1n) is 10.6. The van der Waals surface area contributed by atoms with E-state index < -0.39 is 28.8 Å². The molecule has 0 radical (unpaired) electrons. The van der Waals surface area contributed by atoms with Crippen molar-refractivity contribution in [3.63, 3.8) is 0 Å². The standard InChI is InChI=1S/C22H24F4N6O2/c1-10-8-12(27)9-13(15(10)22(24,25)26)17-16(23)18-14-19(32-21(31-18)33-3)29-7-6-28-5-4-11(2)34-20(14)30-17/h8-9,11,28H,4-7,27H2,1-3H3,(H,29,31,32). The Balaban J connectivity index is 2.08. The van der Waals surface area contributed by atoms with Gasteiger partial charge in [-0.15, -0.1) is 0 Å². The van der Waals surface area contributed by atoms with Crippen LogP contribution in [0, 0.1) is 12.7 Å². The van der Waals surface area contributed by atoms with E-state index in [-0.39, 0.29) is 46.0 Å². The van der Waals surface area contributed by atoms with Crippen LogP contribution in [-0.4, -0.2) is 47.8 Å². The molecule has 1 aliphatic rings. The van der Waals surface area contributed by atoms with E-state index in [0.29, 0.717) is 26.1 Å². The van der Waals surface area contributed by atoms with Crippen molar-refractivity contribution in [2.45, 2.75) is 32.5 Å². The number of halogens is 4. The molecule has 0 fully saturated rings. The van der Waals surface area contributed by atoms with E-state index in [1.165, 1.54) is 20.1 Å². The second-order valence-corrected chi connectivity index (χ2v) is 8.01. The molecule has 8 nitrogen and oxygen atoms in total. The number of methoxy groups -OCH3 is 1. The summed E-state index contributed by atoms with van der Waals surface area (Å²) in [6, 6.07) is 2.07. The smallest absolute Gasteiger partial charge is 0.417 e. The number of aryl methyl sites for hydroxylation is 1. The van der Waals surface area contributed by atoms with Gasteiger partial charge in [0.15, 0.2) is 5.82 Å². The van der Waals surface area contributed by atoms with Crippen molar-refractivity contribution >= 4 is 22.4 Å². The third kappa shape index (κ3) is 4.49. The van der Waals surface area contributed by atoms with E-state index in [4.69, 9.17) is 15.2 Å². The molecule has 1 atom stereocenters. The van der Waals surface area contributed by atoms with Crippen LogP contribution in [0.5, 0.6) is 11.9 Å². The summed E-state index contributed by atoms with van der Waals surface area (Å²) in [5, 5.41) is 6.43. The Hall–Kier alpha value is -3.41. The highest BCUT2D eigenvalue weighted by atomic mass is 19.4. The number of nitrogens with one attached hydrogen (secondary N) is 2. The molecule has 4 rings (SSSR count). The van der Waals surface area contributed by atoms with Crippen molar-refractivity contribution < 1.29 is 27.0 Å². The quantitative estimate of drug-likeness (QED) is 0.374. The number of benzene rings is 1. The van der Waals surface area contributed by atoms with Gasteiger partial charge < -0.3 is 25.8 Å². The topological polar surface area (TPSA) is 107 Å². The molecule has 12 heteroatoms. The monoisotopic (exact) mass is 480 g/mol. The molecule has 182 valence electrons. The number of hydrogen-bond acceptors (Lipinski definition) is 8. The summed E-state index contributed by atoms with van der Waals surface area (Å²) in [5.41, 5.74) is 3.34. The summed E-state index contributed by atoms with van der Waals surface area (Å²) in [6.45, 7) is 4.73. The molecule has 0 aliphatic carbocycles. The lowest BCUT2D eigenvalue weighted by molar-refractivity contribution is -0.137. The normalized spacial score (nSPS) is 17.0. The summed E-state index contributed by atoms with van der Waals surface area (Å²) >= 11 is 0. The van der Waals surface area contributed by atoms with Crippen molar-refractivity contribution in [2.24, 2.45) is 0 Å². The van der Waals surface area contributed by atoms with E-state index in [9.17, 15) is 13.2 Å². The third-order valence-electron chi connectivity index (χ3n) is 5.45. The number of anilines is 2. The van der Waals surface area contributed by atoms with Gasteiger partial charge in [-0.1, -0.05) is 0 Å². The van der Waals surface area contributed by atoms with Gasteiger partial charge in [0, 0.05) is 24.3 Å². The molecule has 2 aromatic heterocycles. The van der Waals surface area contributed by atoms with E-state index in [0.717, 1.165) is 6.07 Å². The van der Waals surface area contributed by atoms with E-state index in [1.807, 2.05) is 0 Å². The number of rotatable bonds is 2. The van der Waals surface area contributed by atoms with E-state index >= 15 is 4.39 Å². The Labute approximate surface area is 192 Å². The van der Waals surface area contributed by atoms with E-state index in [1.54, 1.807) is 6.92 Å². The van der Waals surface area contributed by atoms with Crippen LogP contribution >= 0.6 is 0 Å². The molecular weight excluding hydrogens is 456 g/mol. The summed E-state index contributed by atoms with van der Waals surface area (Å²) in [7, 11) is 1.31. The lowest BCUT2D eigenvalue weighted by Crippen LogP contribution is -2.26. The fraction of sp³-hybridized carbons (Fsp3) is 0.409. The molecule has 3 heterocycles. The largest absolute Gasteiger partial charge is 0.474 e. The highest BCUT2D eigenvalue weighted by Gasteiger charge is 2.37. The van der Waals surface area contributed by atoms with Crippen LogP contribution < -0.4 is 25.8 Å². The third-order valence-corrected chi connectivity index (χ3v) is 5.45. The van der Waals surface area contributed by atoms with Gasteiger partial charge in [0.25, 0.3) is 0 Å². The number of pyridine rings is 1. The Kier molecular flexibility index (Phi) is 6.34. The Bertz CT molecular complexity index is 1230. The molecule has 0 spiro atoms. The predicted octanol–water partition coefficient (Wildman–Crippen LogP) is 3.92. The van der Waals surface area contributed by atoms with Crippen LogP contribution in [0.3, 0.4) is 0 Å². The van der Waals surface area contributed by atoms with E-state index in [2.05, 4.69) is 25.6 Å². The van der Waals surface area contributed by atoms with Crippen molar-refractivity contribution in [2.75, 3.05) is 37.8 Å². The lowest BCUT2D eigenvalue weighted by Gasteiger charge is -2.20. The minimum atomic E-state index is -4.77. The van der Waals surface area contributed by atoms with Gasteiger partial charge >= 0.3 is 12.2 Å². The Morgan fingerprint density at radius 3 is 2.62 bits per heavy atom. The average Bonchev–Trinajstić information content (AvgIpc) is 2.78. The van der Waals surface area contributed by atoms with Gasteiger partial charge in [-0.2, -0.15) is 23.1 Å². The van der Waals surface area contributed by atoms with Crippen molar-refractivity contribution in [3.05, 3.63) is 29.1 Å². The molecular formula is C22H24F4N6O2. The zero-order valence-corrected chi connectivity index (χ0v) is 18.8. The summed E-state index contributed by atoms with van der Waals surface area (Å²) in [4.78, 5) is 12.6. The second-order valence-electron chi connectivity index (χ2n) is 8.01. The van der Waals surface area contributed by atoms with Gasteiger partial charge in [0.05, 0.1) is 18.8 Å². The maximum absolute atomic E-state index is 15.9. The number of hydrogen-bond donors (Lipinski definition) is 3. The van der Waals surface area contributed by atoms with Crippen LogP contribution in [0.1, 0.15) is 24.5 Å². The van der Waals surface area contributed by atoms with Crippen LogP contribution in [0.4, 0.5) is 29.1 Å². The SMILES string of the molecule is COc1nc2c3c(nc(-c4cc(N)cc(C)c4C(F)(F)F)c(F)c3n1)OC(C)CCNCCN2. The summed E-state index contributed by atoms with van der Waals surface area (Å²) in [6.07, 6.45) is -4.56. The van der Waals surface area contributed by atoms with Gasteiger partial charge in [-0.3, -0.25) is 0 Å². The number of nitrogens with two attached hydrogens (primary N) is 1. The molecule has 1 aliphatic heterocycles. The maximum Gasteiger partial charge on any atom is 0.417 e. The van der Waals surface area contributed by atoms with Gasteiger partial charge in [-0.05, 0) is 44.5 Å². The zero-order valence-electron chi connectivity index (χ0n) is 18.8. The lowest BCUT2D eigenvalue weighted by atomic mass is 9.96. The molecule has 34 heavy (non-hydrogen) atoms. The average molecular weight is 480 g/mol. The first kappa shape index (κ1) is 23.7. The number of nitrogen functional groups attached to an aromatic ring is 1. The van der Waals surface area contributed by atoms with Crippen LogP contribution in [0.25, 0.3) is 22.2 Å². The second kappa shape index (κ2) is 9.09. The maximum atomic E-state index is 15.9. The van der Waals surface area contributed by atoms with Crippen LogP contribution in [0.2, 0.25) is 0 Å². The van der Waals surface area contributed by atoms with Crippen molar-refractivity contribution in [3.8, 4) is 23.1 Å². The minimum Gasteiger partial charge on any atom is -0.474 e. The first-order chi connectivity index (χ1) is 16.1. The van der Waals surface area contributed by atoms with Crippen LogP contribution in [0.15, 0.2) is 12.1 Å². The van der Waals surface area contributed by atoms with Gasteiger partial charge in [0.1, 0.15) is 22.4 Å². The summed E-state index contributed by atoms with van der Waals surface area (Å²) in [5.74, 6) is -0.952. The van der Waals surface area contributed by atoms with Crippen LogP contribution in [-0.2, 0) is 6.18 Å². The Morgan fingerprint density at radius 1 is 1.15 bits per heavy atom. The fourth-order valence-corrected chi connectivity index (χ4v) is 3.93. The highest BCUT2D eigenvalue weighted by Crippen LogP contribution is 2.43. The van der Waals surface area contributed by atoms with Gasteiger partial charge in [0.2, 0.25) is 5.88 Å². The molecule has 0 amide bonds. The fourth-order valence-electron chi connectivity index (χ4n) is 3.93. The Morgan fingerprint density at radius 2 is 1.91 bits per heavy atom. The molecule has 0 saturated heterocycles. The van der Waals surface area contributed by atoms with Crippen molar-refractivity contribution in [1.82, 2.24) is 20.3 Å². The number of nitrogens with zero attached hydrogens (tertiary/aromatic N) is 3. The predicted molar refractivity (Wildman–Crippen MR) is 119 cm³/mol. The molecule has 0 saturated carbocycles. The number of alkyl halides is 3. The molecule has 3 aromatic rings. The van der Waals surface area contributed by atoms with Crippen molar-refractivity contribution in [1.29, 1.82) is 0 Å². The zero-order chi connectivity index (χ0) is 24.6. The number of ether oxygens (including phenoxy) is 2. The number of aromatic nitrogens is 3. The summed E-state index contributed by atoms with van der Waals surface area (Å²) < 4.78 is 69.0.